The van der Waals surface area contributed by atoms with Crippen LogP contribution >= 0.6 is 0 Å². The van der Waals surface area contributed by atoms with Crippen molar-refractivity contribution < 1.29 is 9.53 Å². The molecule has 6 heteroatoms. The van der Waals surface area contributed by atoms with Crippen molar-refractivity contribution in [1.82, 2.24) is 9.38 Å². The number of methoxy groups -OCH3 is 1. The molecule has 172 valence electrons. The van der Waals surface area contributed by atoms with E-state index in [9.17, 15) is 10.1 Å². The number of aromatic nitrogens is 2. The Morgan fingerprint density at radius 2 is 1.74 bits per heavy atom. The van der Waals surface area contributed by atoms with E-state index in [0.717, 1.165) is 33.5 Å². The van der Waals surface area contributed by atoms with E-state index < -0.39 is 5.97 Å². The maximum Gasteiger partial charge on any atom is 0.339 e. The van der Waals surface area contributed by atoms with Gasteiger partial charge in [-0.15, -0.1) is 0 Å². The Morgan fingerprint density at radius 3 is 2.49 bits per heavy atom. The van der Waals surface area contributed by atoms with Crippen molar-refractivity contribution in [2.75, 3.05) is 12.4 Å². The number of benzene rings is 3. The number of nitrogens with one attached hydrogen (secondary N) is 1. The Balaban J connectivity index is 1.83. The minimum atomic E-state index is -0.426. The number of hydrogen-bond donors (Lipinski definition) is 1. The van der Waals surface area contributed by atoms with Gasteiger partial charge in [0.25, 0.3) is 0 Å². The average Bonchev–Trinajstić information content (AvgIpc) is 3.26. The molecule has 0 spiro atoms. The van der Waals surface area contributed by atoms with E-state index >= 15 is 0 Å². The van der Waals surface area contributed by atoms with Gasteiger partial charge in [0, 0.05) is 12.0 Å². The number of nitriles is 1. The molecule has 0 atom stereocenters. The summed E-state index contributed by atoms with van der Waals surface area (Å²) in [6.45, 7) is 4.02. The Hall–Kier alpha value is -4.63. The van der Waals surface area contributed by atoms with E-state index in [-0.39, 0.29) is 0 Å². The molecule has 0 radical (unpaired) electrons. The van der Waals surface area contributed by atoms with Crippen LogP contribution in [0.4, 0.5) is 11.5 Å². The minimum Gasteiger partial charge on any atom is -0.465 e. The summed E-state index contributed by atoms with van der Waals surface area (Å²) < 4.78 is 7.00. The van der Waals surface area contributed by atoms with Crippen molar-refractivity contribution in [3.05, 3.63) is 106 Å². The lowest BCUT2D eigenvalue weighted by atomic mass is 9.97. The second-order valence-electron chi connectivity index (χ2n) is 8.52. The predicted octanol–water partition coefficient (Wildman–Crippen LogP) is 6.10. The summed E-state index contributed by atoms with van der Waals surface area (Å²) in [7, 11) is 1.37. The number of fused-ring (bicyclic) bond motifs is 3. The van der Waals surface area contributed by atoms with E-state index in [4.69, 9.17) is 9.72 Å². The smallest absolute Gasteiger partial charge is 0.339 e. The number of carbonyl (C=O) groups is 1. The molecule has 6 nitrogen and oxygen atoms in total. The van der Waals surface area contributed by atoms with Gasteiger partial charge >= 0.3 is 5.97 Å². The van der Waals surface area contributed by atoms with Crippen LogP contribution in [0, 0.1) is 25.2 Å². The summed E-state index contributed by atoms with van der Waals surface area (Å²) in [4.78, 5) is 17.3. The number of hydrogen-bond acceptors (Lipinski definition) is 5. The maximum absolute atomic E-state index is 12.5. The van der Waals surface area contributed by atoms with Gasteiger partial charge in [-0.25, -0.2) is 9.78 Å². The molecule has 0 aliphatic heterocycles. The predicted molar refractivity (Wildman–Crippen MR) is 137 cm³/mol. The number of nitrogens with zero attached hydrogens (tertiary/aromatic N) is 3. The molecule has 0 saturated heterocycles. The van der Waals surface area contributed by atoms with Crippen LogP contribution in [-0.4, -0.2) is 22.5 Å². The highest BCUT2D eigenvalue weighted by Crippen LogP contribution is 2.35. The first-order valence-corrected chi connectivity index (χ1v) is 11.3. The number of aryl methyl sites for hydroxylation is 1. The highest BCUT2D eigenvalue weighted by molar-refractivity contribution is 5.97. The lowest BCUT2D eigenvalue weighted by Crippen LogP contribution is -2.11. The fourth-order valence-corrected chi connectivity index (χ4v) is 4.45. The van der Waals surface area contributed by atoms with Crippen molar-refractivity contribution in [3.63, 3.8) is 0 Å². The number of pyridine rings is 1. The number of anilines is 2. The summed E-state index contributed by atoms with van der Waals surface area (Å²) in [5.41, 5.74) is 7.95. The standard InChI is InChI=1S/C29H24N4O2/c1-18-12-14-20(15-13-18)16-22-19(2)23(17-30)28-32-25-10-6-7-11-26(25)33(28)27(22)31-24-9-5-4-8-21(24)29(34)35-3/h4-15,31H,16H2,1-3H3. The summed E-state index contributed by atoms with van der Waals surface area (Å²) in [6, 6.07) is 25.8. The molecule has 0 aliphatic carbocycles. The summed E-state index contributed by atoms with van der Waals surface area (Å²) in [6.07, 6.45) is 0.603. The first-order chi connectivity index (χ1) is 17.0. The zero-order valence-electron chi connectivity index (χ0n) is 19.8. The third-order valence-electron chi connectivity index (χ3n) is 6.32. The summed E-state index contributed by atoms with van der Waals surface area (Å²) in [5.74, 6) is 0.340. The van der Waals surface area contributed by atoms with E-state index in [1.807, 2.05) is 47.7 Å². The van der Waals surface area contributed by atoms with Crippen molar-refractivity contribution in [1.29, 1.82) is 5.26 Å². The number of carbonyl (C=O) groups excluding carboxylic acids is 1. The largest absolute Gasteiger partial charge is 0.465 e. The second kappa shape index (κ2) is 8.96. The van der Waals surface area contributed by atoms with Crippen LogP contribution < -0.4 is 5.32 Å². The van der Waals surface area contributed by atoms with Gasteiger partial charge in [-0.2, -0.15) is 5.26 Å². The number of ether oxygens (including phenoxy) is 1. The van der Waals surface area contributed by atoms with Crippen LogP contribution in [0.15, 0.2) is 72.8 Å². The molecule has 0 amide bonds. The lowest BCUT2D eigenvalue weighted by molar-refractivity contribution is 0.0602. The van der Waals surface area contributed by atoms with Gasteiger partial charge < -0.3 is 10.1 Å². The van der Waals surface area contributed by atoms with Crippen LogP contribution in [0.1, 0.15) is 38.2 Å². The third-order valence-corrected chi connectivity index (χ3v) is 6.32. The van der Waals surface area contributed by atoms with Gasteiger partial charge in [0.05, 0.1) is 35.0 Å². The quantitative estimate of drug-likeness (QED) is 0.321. The molecule has 1 N–H and O–H groups in total. The Bertz CT molecular complexity index is 1630. The molecule has 2 aromatic heterocycles. The Kier molecular flexibility index (Phi) is 5.68. The molecule has 0 bridgehead atoms. The summed E-state index contributed by atoms with van der Waals surface area (Å²) in [5, 5.41) is 13.6. The number of rotatable bonds is 5. The zero-order chi connectivity index (χ0) is 24.5. The maximum atomic E-state index is 12.5. The SMILES string of the molecule is COC(=O)c1ccccc1Nc1c(Cc2ccc(C)cc2)c(C)c(C#N)c2nc3ccccc3n12. The van der Waals surface area contributed by atoms with Crippen LogP contribution in [0.25, 0.3) is 16.7 Å². The van der Waals surface area contributed by atoms with Gasteiger partial charge in [-0.3, -0.25) is 4.40 Å². The molecule has 5 rings (SSSR count). The van der Waals surface area contributed by atoms with Crippen molar-refractivity contribution >= 4 is 34.2 Å². The highest BCUT2D eigenvalue weighted by atomic mass is 16.5. The molecular weight excluding hydrogens is 436 g/mol. The van der Waals surface area contributed by atoms with E-state index in [0.29, 0.717) is 28.9 Å². The van der Waals surface area contributed by atoms with E-state index in [1.54, 1.807) is 12.1 Å². The minimum absolute atomic E-state index is 0.426. The van der Waals surface area contributed by atoms with Gasteiger partial charge in [-0.1, -0.05) is 54.1 Å². The van der Waals surface area contributed by atoms with Gasteiger partial charge in [0.1, 0.15) is 11.9 Å². The second-order valence-corrected chi connectivity index (χ2v) is 8.52. The third kappa shape index (κ3) is 3.87. The molecular formula is C29H24N4O2. The fourth-order valence-electron chi connectivity index (χ4n) is 4.45. The first kappa shape index (κ1) is 22.2. The van der Waals surface area contributed by atoms with Crippen LogP contribution in [0.2, 0.25) is 0 Å². The molecule has 5 aromatic rings. The molecule has 2 heterocycles. The number of esters is 1. The fraction of sp³-hybridized carbons (Fsp3) is 0.138. The molecule has 35 heavy (non-hydrogen) atoms. The molecule has 0 fully saturated rings. The number of imidazole rings is 1. The molecule has 0 unspecified atom stereocenters. The number of para-hydroxylation sites is 3. The van der Waals surface area contributed by atoms with Crippen LogP contribution in [0.5, 0.6) is 0 Å². The molecule has 0 aliphatic rings. The van der Waals surface area contributed by atoms with Crippen LogP contribution in [-0.2, 0) is 11.2 Å². The van der Waals surface area contributed by atoms with Crippen molar-refractivity contribution in [3.8, 4) is 6.07 Å². The Morgan fingerprint density at radius 1 is 1.03 bits per heavy atom. The Labute approximate surface area is 203 Å². The molecule has 3 aromatic carbocycles. The monoisotopic (exact) mass is 460 g/mol. The lowest BCUT2D eigenvalue weighted by Gasteiger charge is -2.20. The highest BCUT2D eigenvalue weighted by Gasteiger charge is 2.22. The topological polar surface area (TPSA) is 79.4 Å². The first-order valence-electron chi connectivity index (χ1n) is 11.3. The zero-order valence-corrected chi connectivity index (χ0v) is 19.8. The van der Waals surface area contributed by atoms with Gasteiger partial charge in [0.15, 0.2) is 5.65 Å². The van der Waals surface area contributed by atoms with Crippen LogP contribution in [0.3, 0.4) is 0 Å². The van der Waals surface area contributed by atoms with Crippen molar-refractivity contribution in [2.45, 2.75) is 20.3 Å². The van der Waals surface area contributed by atoms with E-state index in [2.05, 4.69) is 42.6 Å². The summed E-state index contributed by atoms with van der Waals surface area (Å²) >= 11 is 0. The van der Waals surface area contributed by atoms with E-state index in [1.165, 1.54) is 12.7 Å². The molecule has 0 saturated carbocycles. The van der Waals surface area contributed by atoms with Gasteiger partial charge in [-0.05, 0) is 49.2 Å². The van der Waals surface area contributed by atoms with Gasteiger partial charge in [0.2, 0.25) is 0 Å². The average molecular weight is 461 g/mol. The van der Waals surface area contributed by atoms with Crippen molar-refractivity contribution in [2.24, 2.45) is 0 Å². The normalized spacial score (nSPS) is 10.9.